The lowest BCUT2D eigenvalue weighted by Gasteiger charge is -2.38. The van der Waals surface area contributed by atoms with Crippen LogP contribution in [0.4, 0.5) is 0 Å². The molecule has 100 valence electrons. The molecule has 2 rings (SSSR count). The number of amides is 1. The van der Waals surface area contributed by atoms with Crippen LogP contribution in [-0.2, 0) is 0 Å². The summed E-state index contributed by atoms with van der Waals surface area (Å²) < 4.78 is 0.636. The number of hydrogen-bond donors (Lipinski definition) is 1. The third-order valence-corrected chi connectivity index (χ3v) is 5.40. The molecule has 0 atom stereocenters. The second kappa shape index (κ2) is 5.81. The fourth-order valence-corrected chi connectivity index (χ4v) is 3.62. The number of rotatable bonds is 3. The number of carbonyl (C=O) groups is 1. The third-order valence-electron chi connectivity index (χ3n) is 3.66. The molecule has 0 spiro atoms. The molecule has 0 aromatic carbocycles. The first kappa shape index (κ1) is 14.2. The molecule has 0 unspecified atom stereocenters. The highest BCUT2D eigenvalue weighted by Gasteiger charge is 2.35. The molecule has 1 fully saturated rings. The smallest absolute Gasteiger partial charge is 0.261 e. The normalized spacial score (nSPS) is 28.1. The number of thiophene rings is 1. The van der Waals surface area contributed by atoms with E-state index in [-0.39, 0.29) is 11.4 Å². The van der Waals surface area contributed by atoms with Crippen LogP contribution in [-0.4, -0.2) is 17.3 Å². The van der Waals surface area contributed by atoms with Crippen LogP contribution >= 0.6 is 34.5 Å². The average molecular weight is 306 g/mol. The van der Waals surface area contributed by atoms with E-state index in [0.29, 0.717) is 15.1 Å². The molecule has 5 heteroatoms. The van der Waals surface area contributed by atoms with E-state index in [0.717, 1.165) is 31.6 Å². The largest absolute Gasteiger partial charge is 0.345 e. The Labute approximate surface area is 122 Å². The summed E-state index contributed by atoms with van der Waals surface area (Å²) in [6, 6.07) is 3.51. The highest BCUT2D eigenvalue weighted by atomic mass is 35.5. The Morgan fingerprint density at radius 2 is 2.17 bits per heavy atom. The molecule has 1 aromatic rings. The maximum Gasteiger partial charge on any atom is 0.261 e. The van der Waals surface area contributed by atoms with Crippen LogP contribution in [0.5, 0.6) is 0 Å². The monoisotopic (exact) mass is 305 g/mol. The quantitative estimate of drug-likeness (QED) is 0.828. The Kier molecular flexibility index (Phi) is 4.57. The SMILES string of the molecule is CC1CCC(CCl)(NC(=O)c2ccc(Cl)s2)CC1. The second-order valence-corrected chi connectivity index (χ2v) is 7.14. The second-order valence-electron chi connectivity index (χ2n) is 5.15. The van der Waals surface area contributed by atoms with Crippen molar-refractivity contribution < 1.29 is 4.79 Å². The number of hydrogen-bond acceptors (Lipinski definition) is 2. The molecule has 1 aromatic heterocycles. The molecule has 0 aliphatic heterocycles. The van der Waals surface area contributed by atoms with Crippen LogP contribution < -0.4 is 5.32 Å². The minimum absolute atomic E-state index is 0.0536. The van der Waals surface area contributed by atoms with E-state index >= 15 is 0 Å². The zero-order valence-corrected chi connectivity index (χ0v) is 12.7. The van der Waals surface area contributed by atoms with Crippen LogP contribution in [0, 0.1) is 5.92 Å². The maximum atomic E-state index is 12.2. The summed E-state index contributed by atoms with van der Waals surface area (Å²) in [4.78, 5) is 12.8. The van der Waals surface area contributed by atoms with Gasteiger partial charge in [-0.15, -0.1) is 22.9 Å². The summed E-state index contributed by atoms with van der Waals surface area (Å²) in [6.07, 6.45) is 4.17. The zero-order chi connectivity index (χ0) is 13.2. The van der Waals surface area contributed by atoms with Gasteiger partial charge >= 0.3 is 0 Å². The van der Waals surface area contributed by atoms with E-state index < -0.39 is 0 Å². The van der Waals surface area contributed by atoms with E-state index in [9.17, 15) is 4.79 Å². The first-order valence-electron chi connectivity index (χ1n) is 6.18. The topological polar surface area (TPSA) is 29.1 Å². The Hall–Kier alpha value is -0.250. The van der Waals surface area contributed by atoms with Crippen LogP contribution in [0.1, 0.15) is 42.3 Å². The lowest BCUT2D eigenvalue weighted by molar-refractivity contribution is 0.0876. The highest BCUT2D eigenvalue weighted by molar-refractivity contribution is 7.18. The van der Waals surface area contributed by atoms with Crippen molar-refractivity contribution in [3.8, 4) is 0 Å². The zero-order valence-electron chi connectivity index (χ0n) is 10.3. The third kappa shape index (κ3) is 3.19. The van der Waals surface area contributed by atoms with Gasteiger partial charge in [-0.05, 0) is 43.7 Å². The van der Waals surface area contributed by atoms with E-state index in [1.165, 1.54) is 11.3 Å². The van der Waals surface area contributed by atoms with Gasteiger partial charge in [0, 0.05) is 5.88 Å². The summed E-state index contributed by atoms with van der Waals surface area (Å²) in [5.74, 6) is 1.15. The average Bonchev–Trinajstić information content (AvgIpc) is 2.79. The van der Waals surface area contributed by atoms with Crippen molar-refractivity contribution in [1.82, 2.24) is 5.32 Å². The minimum atomic E-state index is -0.235. The molecular weight excluding hydrogens is 289 g/mol. The van der Waals surface area contributed by atoms with Crippen molar-refractivity contribution in [2.45, 2.75) is 38.1 Å². The van der Waals surface area contributed by atoms with Crippen molar-refractivity contribution in [1.29, 1.82) is 0 Å². The van der Waals surface area contributed by atoms with Crippen LogP contribution in [0.2, 0.25) is 4.34 Å². The Morgan fingerprint density at radius 3 is 2.67 bits per heavy atom. The summed E-state index contributed by atoms with van der Waals surface area (Å²) in [5.41, 5.74) is -0.235. The van der Waals surface area contributed by atoms with E-state index in [1.54, 1.807) is 12.1 Å². The lowest BCUT2D eigenvalue weighted by Crippen LogP contribution is -2.52. The number of alkyl halides is 1. The number of carbonyl (C=O) groups excluding carboxylic acids is 1. The van der Waals surface area contributed by atoms with Gasteiger partial charge in [-0.2, -0.15) is 0 Å². The predicted molar refractivity (Wildman–Crippen MR) is 77.9 cm³/mol. The van der Waals surface area contributed by atoms with Gasteiger partial charge in [-0.1, -0.05) is 18.5 Å². The van der Waals surface area contributed by atoms with Crippen molar-refractivity contribution in [3.05, 3.63) is 21.3 Å². The summed E-state index contributed by atoms with van der Waals surface area (Å²) in [5, 5.41) is 3.11. The van der Waals surface area contributed by atoms with Crippen LogP contribution in [0.15, 0.2) is 12.1 Å². The molecule has 18 heavy (non-hydrogen) atoms. The van der Waals surface area contributed by atoms with Gasteiger partial charge in [-0.3, -0.25) is 4.79 Å². The molecule has 1 aliphatic carbocycles. The lowest BCUT2D eigenvalue weighted by atomic mass is 9.78. The van der Waals surface area contributed by atoms with Gasteiger partial charge < -0.3 is 5.32 Å². The van der Waals surface area contributed by atoms with Crippen molar-refractivity contribution in [3.63, 3.8) is 0 Å². The van der Waals surface area contributed by atoms with Gasteiger partial charge in [0.25, 0.3) is 5.91 Å². The molecule has 0 radical (unpaired) electrons. The molecule has 1 heterocycles. The first-order valence-corrected chi connectivity index (χ1v) is 7.91. The number of nitrogens with one attached hydrogen (secondary N) is 1. The first-order chi connectivity index (χ1) is 8.54. The Balaban J connectivity index is 2.04. The molecule has 1 amide bonds. The van der Waals surface area contributed by atoms with Gasteiger partial charge in [0.05, 0.1) is 14.8 Å². The fraction of sp³-hybridized carbons (Fsp3) is 0.615. The highest BCUT2D eigenvalue weighted by Crippen LogP contribution is 2.33. The van der Waals surface area contributed by atoms with Crippen molar-refractivity contribution >= 4 is 40.4 Å². The molecule has 0 bridgehead atoms. The van der Waals surface area contributed by atoms with Crippen LogP contribution in [0.25, 0.3) is 0 Å². The number of halogens is 2. The molecule has 0 saturated heterocycles. The van der Waals surface area contributed by atoms with E-state index in [1.807, 2.05) is 0 Å². The van der Waals surface area contributed by atoms with E-state index in [4.69, 9.17) is 23.2 Å². The maximum absolute atomic E-state index is 12.2. The molecule has 2 nitrogen and oxygen atoms in total. The summed E-state index contributed by atoms with van der Waals surface area (Å²) >= 11 is 13.2. The molecule has 1 N–H and O–H groups in total. The minimum Gasteiger partial charge on any atom is -0.345 e. The summed E-state index contributed by atoms with van der Waals surface area (Å²) in [6.45, 7) is 2.25. The standard InChI is InChI=1S/C13H17Cl2NOS/c1-9-4-6-13(8-14,7-5-9)16-12(17)10-2-3-11(15)18-10/h2-3,9H,4-8H2,1H3,(H,16,17). The van der Waals surface area contributed by atoms with Gasteiger partial charge in [0.1, 0.15) is 0 Å². The summed E-state index contributed by atoms with van der Waals surface area (Å²) in [7, 11) is 0. The Bertz CT molecular complexity index is 424. The molecule has 1 aliphatic rings. The van der Waals surface area contributed by atoms with Gasteiger partial charge in [-0.25, -0.2) is 0 Å². The van der Waals surface area contributed by atoms with Crippen LogP contribution in [0.3, 0.4) is 0 Å². The van der Waals surface area contributed by atoms with Crippen molar-refractivity contribution in [2.75, 3.05) is 5.88 Å². The Morgan fingerprint density at radius 1 is 1.50 bits per heavy atom. The fourth-order valence-electron chi connectivity index (χ4n) is 2.35. The molecular formula is C13H17Cl2NOS. The molecule has 1 saturated carbocycles. The van der Waals surface area contributed by atoms with Gasteiger partial charge in [0.15, 0.2) is 0 Å². The predicted octanol–water partition coefficient (Wildman–Crippen LogP) is 4.32. The van der Waals surface area contributed by atoms with E-state index in [2.05, 4.69) is 12.2 Å². The van der Waals surface area contributed by atoms with Gasteiger partial charge in [0.2, 0.25) is 0 Å². The van der Waals surface area contributed by atoms with Crippen molar-refractivity contribution in [2.24, 2.45) is 5.92 Å².